The summed E-state index contributed by atoms with van der Waals surface area (Å²) >= 11 is 0. The molecule has 28 heavy (non-hydrogen) atoms. The maximum absolute atomic E-state index is 12.3. The summed E-state index contributed by atoms with van der Waals surface area (Å²) in [6, 6.07) is 12.7. The Balaban J connectivity index is 1.54. The summed E-state index contributed by atoms with van der Waals surface area (Å²) in [5.41, 5.74) is 1.28. The van der Waals surface area contributed by atoms with Crippen LogP contribution in [0.3, 0.4) is 0 Å². The lowest BCUT2D eigenvalue weighted by Crippen LogP contribution is -2.32. The highest BCUT2D eigenvalue weighted by Crippen LogP contribution is 2.15. The molecule has 0 saturated carbocycles. The average molecular weight is 378 g/mol. The van der Waals surface area contributed by atoms with Crippen LogP contribution in [0.15, 0.2) is 54.6 Å². The molecule has 0 atom stereocenters. The average Bonchev–Trinajstić information content (AvgIpc) is 3.26. The van der Waals surface area contributed by atoms with Crippen LogP contribution in [-0.2, 0) is 4.79 Å². The summed E-state index contributed by atoms with van der Waals surface area (Å²) in [5, 5.41) is 10.7. The number of hydrogen-bond acceptors (Lipinski definition) is 5. The van der Waals surface area contributed by atoms with Gasteiger partial charge in [0.2, 0.25) is 0 Å². The second-order valence-corrected chi connectivity index (χ2v) is 6.51. The highest BCUT2D eigenvalue weighted by Gasteiger charge is 2.18. The molecule has 3 rings (SSSR count). The Kier molecular flexibility index (Phi) is 6.22. The van der Waals surface area contributed by atoms with Crippen LogP contribution in [0.5, 0.6) is 5.75 Å². The van der Waals surface area contributed by atoms with Crippen molar-refractivity contribution in [2.45, 2.75) is 12.8 Å². The molecule has 1 heterocycles. The van der Waals surface area contributed by atoms with Crippen molar-refractivity contribution in [2.24, 2.45) is 0 Å². The van der Waals surface area contributed by atoms with Gasteiger partial charge in [-0.3, -0.25) is 9.59 Å². The highest BCUT2D eigenvalue weighted by atomic mass is 16.5. The molecular weight excluding hydrogens is 358 g/mol. The maximum atomic E-state index is 12.3. The molecule has 144 valence electrons. The zero-order valence-electron chi connectivity index (χ0n) is 15.3. The second-order valence-electron chi connectivity index (χ2n) is 6.51. The van der Waals surface area contributed by atoms with Gasteiger partial charge in [0.1, 0.15) is 5.75 Å². The minimum Gasteiger partial charge on any atom is -0.545 e. The molecule has 0 radical (unpaired) electrons. The fourth-order valence-electron chi connectivity index (χ4n) is 2.92. The zero-order valence-corrected chi connectivity index (χ0v) is 15.3. The van der Waals surface area contributed by atoms with Crippen molar-refractivity contribution in [1.82, 2.24) is 4.90 Å². The van der Waals surface area contributed by atoms with Crippen LogP contribution in [0.1, 0.15) is 39.1 Å². The van der Waals surface area contributed by atoms with E-state index in [2.05, 4.69) is 0 Å². The van der Waals surface area contributed by atoms with Gasteiger partial charge in [-0.1, -0.05) is 30.3 Å². The van der Waals surface area contributed by atoms with Crippen molar-refractivity contribution < 1.29 is 24.2 Å². The first-order valence-corrected chi connectivity index (χ1v) is 9.07. The third-order valence-corrected chi connectivity index (χ3v) is 4.53. The normalized spacial score (nSPS) is 13.6. The number of benzene rings is 2. The molecule has 1 fully saturated rings. The number of ketones is 1. The summed E-state index contributed by atoms with van der Waals surface area (Å²) in [7, 11) is 0. The van der Waals surface area contributed by atoms with Crippen LogP contribution < -0.4 is 9.84 Å². The molecular formula is C22H20NO5-. The Morgan fingerprint density at radius 1 is 0.929 bits per heavy atom. The highest BCUT2D eigenvalue weighted by molar-refractivity contribution is 6.06. The fourth-order valence-corrected chi connectivity index (χ4v) is 2.92. The van der Waals surface area contributed by atoms with Crippen LogP contribution in [-0.4, -0.2) is 42.3 Å². The number of carboxylic acids is 1. The first kappa shape index (κ1) is 19.4. The lowest BCUT2D eigenvalue weighted by molar-refractivity contribution is -0.255. The smallest absolute Gasteiger partial charge is 0.260 e. The molecule has 6 nitrogen and oxygen atoms in total. The minimum atomic E-state index is -1.24. The minimum absolute atomic E-state index is 0.00491. The molecule has 1 amide bonds. The van der Waals surface area contributed by atoms with E-state index < -0.39 is 5.97 Å². The van der Waals surface area contributed by atoms with Crippen molar-refractivity contribution in [1.29, 1.82) is 0 Å². The Bertz CT molecular complexity index is 878. The standard InChI is InChI=1S/C22H21NO5/c24-20(12-5-16-3-6-18(7-4-16)22(26)27)17-8-10-19(11-9-17)28-15-21(25)23-13-1-2-14-23/h3-12H,1-2,13-15H2,(H,26,27)/p-1/b12-5+. The Hall–Kier alpha value is -3.41. The third-order valence-electron chi connectivity index (χ3n) is 4.53. The van der Waals surface area contributed by atoms with Gasteiger partial charge in [0.25, 0.3) is 5.91 Å². The van der Waals surface area contributed by atoms with E-state index in [9.17, 15) is 19.5 Å². The molecule has 2 aromatic carbocycles. The van der Waals surface area contributed by atoms with Gasteiger partial charge in [-0.05, 0) is 54.3 Å². The van der Waals surface area contributed by atoms with E-state index in [4.69, 9.17) is 4.74 Å². The van der Waals surface area contributed by atoms with Gasteiger partial charge >= 0.3 is 0 Å². The van der Waals surface area contributed by atoms with Gasteiger partial charge in [-0.2, -0.15) is 0 Å². The van der Waals surface area contributed by atoms with E-state index in [-0.39, 0.29) is 23.9 Å². The summed E-state index contributed by atoms with van der Waals surface area (Å²) < 4.78 is 5.50. The van der Waals surface area contributed by atoms with Crippen molar-refractivity contribution in [3.05, 3.63) is 71.3 Å². The van der Waals surface area contributed by atoms with Gasteiger partial charge in [0.15, 0.2) is 12.4 Å². The number of nitrogens with zero attached hydrogens (tertiary/aromatic N) is 1. The molecule has 0 spiro atoms. The summed E-state index contributed by atoms with van der Waals surface area (Å²) in [5.74, 6) is -0.920. The van der Waals surface area contributed by atoms with Gasteiger partial charge < -0.3 is 19.5 Å². The maximum Gasteiger partial charge on any atom is 0.260 e. The first-order valence-electron chi connectivity index (χ1n) is 9.07. The topological polar surface area (TPSA) is 86.7 Å². The Morgan fingerprint density at radius 3 is 2.14 bits per heavy atom. The number of carbonyl (C=O) groups excluding carboxylic acids is 3. The van der Waals surface area contributed by atoms with Crippen molar-refractivity contribution >= 4 is 23.7 Å². The van der Waals surface area contributed by atoms with Crippen molar-refractivity contribution in [3.63, 3.8) is 0 Å². The van der Waals surface area contributed by atoms with Crippen LogP contribution in [0.25, 0.3) is 6.08 Å². The summed E-state index contributed by atoms with van der Waals surface area (Å²) in [6.45, 7) is 1.57. The molecule has 1 aliphatic rings. The lowest BCUT2D eigenvalue weighted by atomic mass is 10.1. The van der Waals surface area contributed by atoms with E-state index >= 15 is 0 Å². The summed E-state index contributed by atoms with van der Waals surface area (Å²) in [4.78, 5) is 36.7. The SMILES string of the molecule is O=C([O-])c1ccc(/C=C/C(=O)c2ccc(OCC(=O)N3CCCC3)cc2)cc1. The van der Waals surface area contributed by atoms with Crippen LogP contribution >= 0.6 is 0 Å². The van der Waals surface area contributed by atoms with Crippen molar-refractivity contribution in [2.75, 3.05) is 19.7 Å². The Labute approximate surface area is 163 Å². The predicted molar refractivity (Wildman–Crippen MR) is 102 cm³/mol. The number of amides is 1. The first-order chi connectivity index (χ1) is 13.5. The zero-order chi connectivity index (χ0) is 19.9. The van der Waals surface area contributed by atoms with E-state index in [1.54, 1.807) is 47.4 Å². The monoisotopic (exact) mass is 378 g/mol. The van der Waals surface area contributed by atoms with Crippen LogP contribution in [0.2, 0.25) is 0 Å². The molecule has 0 aliphatic carbocycles. The van der Waals surface area contributed by atoms with Gasteiger partial charge in [0, 0.05) is 18.7 Å². The number of ether oxygens (including phenoxy) is 1. The van der Waals surface area contributed by atoms with E-state index in [1.807, 2.05) is 0 Å². The summed E-state index contributed by atoms with van der Waals surface area (Å²) in [6.07, 6.45) is 5.11. The van der Waals surface area contributed by atoms with Gasteiger partial charge in [0.05, 0.1) is 5.97 Å². The predicted octanol–water partition coefficient (Wildman–Crippen LogP) is 1.95. The number of rotatable bonds is 7. The van der Waals surface area contributed by atoms with Gasteiger partial charge in [-0.15, -0.1) is 0 Å². The van der Waals surface area contributed by atoms with Gasteiger partial charge in [-0.25, -0.2) is 0 Å². The molecule has 0 N–H and O–H groups in total. The van der Waals surface area contributed by atoms with Crippen molar-refractivity contribution in [3.8, 4) is 5.75 Å². The quantitative estimate of drug-likeness (QED) is 0.543. The number of carboxylic acid groups (broad SMARTS) is 1. The van der Waals surface area contributed by atoms with E-state index in [0.717, 1.165) is 25.9 Å². The van der Waals surface area contributed by atoms with E-state index in [1.165, 1.54) is 18.2 Å². The van der Waals surface area contributed by atoms with Crippen LogP contribution in [0, 0.1) is 0 Å². The lowest BCUT2D eigenvalue weighted by Gasteiger charge is -2.15. The van der Waals surface area contributed by atoms with Crippen LogP contribution in [0.4, 0.5) is 0 Å². The number of likely N-dealkylation sites (tertiary alicyclic amines) is 1. The molecule has 1 saturated heterocycles. The third kappa shape index (κ3) is 5.07. The molecule has 6 heteroatoms. The molecule has 1 aliphatic heterocycles. The fraction of sp³-hybridized carbons (Fsp3) is 0.227. The number of carbonyl (C=O) groups is 3. The largest absolute Gasteiger partial charge is 0.545 e. The second kappa shape index (κ2) is 8.99. The Morgan fingerprint density at radius 2 is 1.54 bits per heavy atom. The molecule has 2 aromatic rings. The van der Waals surface area contributed by atoms with E-state index in [0.29, 0.717) is 16.9 Å². The number of allylic oxidation sites excluding steroid dienone is 1. The number of hydrogen-bond donors (Lipinski definition) is 0. The molecule has 0 unspecified atom stereocenters. The molecule has 0 aromatic heterocycles. The molecule has 0 bridgehead atoms. The number of aromatic carboxylic acids is 1.